The van der Waals surface area contributed by atoms with Crippen LogP contribution in [-0.2, 0) is 17.6 Å². The van der Waals surface area contributed by atoms with Gasteiger partial charge in [-0.2, -0.15) is 0 Å². The molecule has 1 fully saturated rings. The number of rotatable bonds is 4. The molecule has 1 atom stereocenters. The zero-order valence-corrected chi connectivity index (χ0v) is 14.2. The Bertz CT molecular complexity index is 708. The third-order valence-corrected chi connectivity index (χ3v) is 4.67. The van der Waals surface area contributed by atoms with Crippen LogP contribution in [0.4, 0.5) is 5.82 Å². The van der Waals surface area contributed by atoms with Crippen molar-refractivity contribution in [2.45, 2.75) is 39.5 Å². The Morgan fingerprint density at radius 2 is 2.17 bits per heavy atom. The third-order valence-electron chi connectivity index (χ3n) is 4.67. The molecule has 0 aromatic carbocycles. The summed E-state index contributed by atoms with van der Waals surface area (Å²) >= 11 is 0. The number of hydrogen-bond donors (Lipinski definition) is 1. The Balaban J connectivity index is 1.63. The quantitative estimate of drug-likeness (QED) is 0.916. The van der Waals surface area contributed by atoms with E-state index in [4.69, 9.17) is 10.3 Å². The lowest BCUT2D eigenvalue weighted by atomic mass is 9.92. The van der Waals surface area contributed by atoms with E-state index >= 15 is 0 Å². The van der Waals surface area contributed by atoms with Crippen LogP contribution in [0.2, 0.25) is 0 Å². The van der Waals surface area contributed by atoms with Gasteiger partial charge in [0.25, 0.3) is 0 Å². The number of amides is 1. The van der Waals surface area contributed by atoms with Gasteiger partial charge in [0.15, 0.2) is 0 Å². The topological polar surface area (TPSA) is 98.1 Å². The Morgan fingerprint density at radius 3 is 2.88 bits per heavy atom. The van der Waals surface area contributed by atoms with Gasteiger partial charge in [-0.1, -0.05) is 5.16 Å². The number of aryl methyl sites for hydroxylation is 2. The molecule has 1 amide bonds. The summed E-state index contributed by atoms with van der Waals surface area (Å²) < 4.78 is 5.15. The number of piperidine rings is 1. The molecule has 2 aromatic heterocycles. The van der Waals surface area contributed by atoms with Gasteiger partial charge in [-0.25, -0.2) is 4.98 Å². The molecule has 0 bridgehead atoms. The highest BCUT2D eigenvalue weighted by Crippen LogP contribution is 2.23. The van der Waals surface area contributed by atoms with Gasteiger partial charge in [0.2, 0.25) is 5.91 Å². The van der Waals surface area contributed by atoms with Crippen LogP contribution >= 0.6 is 0 Å². The summed E-state index contributed by atoms with van der Waals surface area (Å²) in [5.74, 6) is 1.70. The van der Waals surface area contributed by atoms with Gasteiger partial charge in [-0.3, -0.25) is 9.78 Å². The van der Waals surface area contributed by atoms with E-state index in [1.54, 1.807) is 12.4 Å². The van der Waals surface area contributed by atoms with Crippen molar-refractivity contribution < 1.29 is 9.32 Å². The zero-order chi connectivity index (χ0) is 17.1. The van der Waals surface area contributed by atoms with E-state index in [2.05, 4.69) is 15.1 Å². The first-order valence-electron chi connectivity index (χ1n) is 8.29. The smallest absolute Gasteiger partial charge is 0.227 e. The van der Waals surface area contributed by atoms with Crippen LogP contribution < -0.4 is 5.73 Å². The molecule has 24 heavy (non-hydrogen) atoms. The highest BCUT2D eigenvalue weighted by molar-refractivity contribution is 5.79. The SMILES string of the molecule is Cc1noc(C)c1CC(=O)N1CCC[C@H](Cc2nccnc2N)C1. The molecule has 0 aliphatic carbocycles. The molecule has 2 aromatic rings. The second kappa shape index (κ2) is 6.98. The van der Waals surface area contributed by atoms with Gasteiger partial charge in [-0.15, -0.1) is 0 Å². The van der Waals surface area contributed by atoms with Crippen molar-refractivity contribution in [1.82, 2.24) is 20.0 Å². The predicted molar refractivity (Wildman–Crippen MR) is 89.1 cm³/mol. The molecule has 0 radical (unpaired) electrons. The molecule has 3 heterocycles. The van der Waals surface area contributed by atoms with Crippen molar-refractivity contribution in [2.75, 3.05) is 18.8 Å². The number of nitrogens with zero attached hydrogens (tertiary/aromatic N) is 4. The fraction of sp³-hybridized carbons (Fsp3) is 0.529. The monoisotopic (exact) mass is 329 g/mol. The van der Waals surface area contributed by atoms with Gasteiger partial charge < -0.3 is 15.2 Å². The van der Waals surface area contributed by atoms with Crippen molar-refractivity contribution in [2.24, 2.45) is 5.92 Å². The molecule has 0 unspecified atom stereocenters. The number of nitrogen functional groups attached to an aromatic ring is 1. The number of nitrogens with two attached hydrogens (primary N) is 1. The second-order valence-corrected chi connectivity index (χ2v) is 6.42. The number of hydrogen-bond acceptors (Lipinski definition) is 6. The summed E-state index contributed by atoms with van der Waals surface area (Å²) in [4.78, 5) is 23.0. The number of carbonyl (C=O) groups excluding carboxylic acids is 1. The fourth-order valence-corrected chi connectivity index (χ4v) is 3.28. The standard InChI is InChI=1S/C17H23N5O2/c1-11-14(12(2)24-21-11)9-16(23)22-7-3-4-13(10-22)8-15-17(18)20-6-5-19-15/h5-6,13H,3-4,7-10H2,1-2H3,(H2,18,20)/t13-/m1/s1. The Morgan fingerprint density at radius 1 is 1.38 bits per heavy atom. The Kier molecular flexibility index (Phi) is 4.78. The molecule has 128 valence electrons. The van der Waals surface area contributed by atoms with E-state index in [1.807, 2.05) is 18.7 Å². The summed E-state index contributed by atoms with van der Waals surface area (Å²) in [6.45, 7) is 5.25. The first kappa shape index (κ1) is 16.4. The largest absolute Gasteiger partial charge is 0.382 e. The van der Waals surface area contributed by atoms with Crippen LogP contribution in [0, 0.1) is 19.8 Å². The summed E-state index contributed by atoms with van der Waals surface area (Å²) in [6, 6.07) is 0. The van der Waals surface area contributed by atoms with Crippen LogP contribution in [0.15, 0.2) is 16.9 Å². The maximum atomic E-state index is 12.6. The minimum absolute atomic E-state index is 0.126. The lowest BCUT2D eigenvalue weighted by molar-refractivity contribution is -0.132. The van der Waals surface area contributed by atoms with E-state index < -0.39 is 0 Å². The molecule has 1 aliphatic rings. The number of aromatic nitrogens is 3. The van der Waals surface area contributed by atoms with Crippen molar-refractivity contribution in [3.63, 3.8) is 0 Å². The molecule has 0 spiro atoms. The van der Waals surface area contributed by atoms with Crippen LogP contribution in [-0.4, -0.2) is 39.0 Å². The van der Waals surface area contributed by atoms with Gasteiger partial charge in [-0.05, 0) is 39.0 Å². The summed E-state index contributed by atoms with van der Waals surface area (Å²) in [6.07, 6.45) is 6.44. The Labute approximate surface area is 141 Å². The van der Waals surface area contributed by atoms with Crippen molar-refractivity contribution in [3.8, 4) is 0 Å². The van der Waals surface area contributed by atoms with Gasteiger partial charge in [0.1, 0.15) is 11.6 Å². The maximum Gasteiger partial charge on any atom is 0.227 e. The molecule has 7 heteroatoms. The highest BCUT2D eigenvalue weighted by atomic mass is 16.5. The molecule has 3 rings (SSSR count). The fourth-order valence-electron chi connectivity index (χ4n) is 3.28. The normalized spacial score (nSPS) is 17.9. The second-order valence-electron chi connectivity index (χ2n) is 6.42. The summed E-state index contributed by atoms with van der Waals surface area (Å²) in [7, 11) is 0. The maximum absolute atomic E-state index is 12.6. The molecule has 7 nitrogen and oxygen atoms in total. The number of anilines is 1. The molecule has 0 saturated carbocycles. The third kappa shape index (κ3) is 3.55. The molecular weight excluding hydrogens is 306 g/mol. The van der Waals surface area contributed by atoms with Crippen LogP contribution in [0.5, 0.6) is 0 Å². The average Bonchev–Trinajstić information content (AvgIpc) is 2.89. The molecule has 1 aliphatic heterocycles. The number of carbonyl (C=O) groups is 1. The van der Waals surface area contributed by atoms with E-state index in [-0.39, 0.29) is 5.91 Å². The minimum atomic E-state index is 0.126. The van der Waals surface area contributed by atoms with Gasteiger partial charge >= 0.3 is 0 Å². The first-order chi connectivity index (χ1) is 11.5. The number of likely N-dealkylation sites (tertiary alicyclic amines) is 1. The Hall–Kier alpha value is -2.44. The van der Waals surface area contributed by atoms with Crippen molar-refractivity contribution in [3.05, 3.63) is 35.1 Å². The zero-order valence-electron chi connectivity index (χ0n) is 14.2. The predicted octanol–water partition coefficient (Wildman–Crippen LogP) is 1.69. The molecular formula is C17H23N5O2. The van der Waals surface area contributed by atoms with Crippen LogP contribution in [0.25, 0.3) is 0 Å². The van der Waals surface area contributed by atoms with Crippen LogP contribution in [0.1, 0.15) is 35.6 Å². The molecule has 2 N–H and O–H groups in total. The van der Waals surface area contributed by atoms with Gasteiger partial charge in [0.05, 0.1) is 17.8 Å². The molecule has 1 saturated heterocycles. The van der Waals surface area contributed by atoms with Crippen LogP contribution in [0.3, 0.4) is 0 Å². The summed E-state index contributed by atoms with van der Waals surface area (Å²) in [5, 5.41) is 3.92. The summed E-state index contributed by atoms with van der Waals surface area (Å²) in [5.41, 5.74) is 8.40. The first-order valence-corrected chi connectivity index (χ1v) is 8.29. The van der Waals surface area contributed by atoms with Crippen molar-refractivity contribution >= 4 is 11.7 Å². The minimum Gasteiger partial charge on any atom is -0.382 e. The van der Waals surface area contributed by atoms with Gasteiger partial charge in [0, 0.05) is 31.0 Å². The van der Waals surface area contributed by atoms with E-state index in [0.717, 1.165) is 55.1 Å². The van der Waals surface area contributed by atoms with E-state index in [9.17, 15) is 4.79 Å². The lowest BCUT2D eigenvalue weighted by Gasteiger charge is -2.33. The average molecular weight is 329 g/mol. The lowest BCUT2D eigenvalue weighted by Crippen LogP contribution is -2.41. The van der Waals surface area contributed by atoms with E-state index in [1.165, 1.54) is 0 Å². The van der Waals surface area contributed by atoms with Crippen molar-refractivity contribution in [1.29, 1.82) is 0 Å². The highest BCUT2D eigenvalue weighted by Gasteiger charge is 2.26. The van der Waals surface area contributed by atoms with E-state index in [0.29, 0.717) is 18.2 Å².